The summed E-state index contributed by atoms with van der Waals surface area (Å²) < 4.78 is 5.10. The van der Waals surface area contributed by atoms with E-state index in [-0.39, 0.29) is 0 Å². The van der Waals surface area contributed by atoms with Crippen LogP contribution in [0, 0.1) is 6.92 Å². The number of nitrogens with two attached hydrogens (primary N) is 2. The van der Waals surface area contributed by atoms with Crippen molar-refractivity contribution < 1.29 is 4.74 Å². The summed E-state index contributed by atoms with van der Waals surface area (Å²) in [7, 11) is 0. The monoisotopic (exact) mass is 151 g/mol. The van der Waals surface area contributed by atoms with Crippen LogP contribution in [0.25, 0.3) is 0 Å². The van der Waals surface area contributed by atoms with Crippen LogP contribution in [0.15, 0.2) is 18.2 Å². The van der Waals surface area contributed by atoms with Gasteiger partial charge in [-0.25, -0.2) is 0 Å². The highest BCUT2D eigenvalue weighted by Gasteiger charge is 2.00. The molecule has 59 valence electrons. The van der Waals surface area contributed by atoms with Crippen molar-refractivity contribution in [3.8, 4) is 5.75 Å². The van der Waals surface area contributed by atoms with Crippen molar-refractivity contribution in [1.82, 2.24) is 0 Å². The van der Waals surface area contributed by atoms with Crippen molar-refractivity contribution in [2.75, 3.05) is 18.1 Å². The molecule has 0 heterocycles. The number of para-hydroxylation sites is 1. The lowest BCUT2D eigenvalue weighted by atomic mass is 10.2. The number of benzene rings is 1. The second kappa shape index (κ2) is 3.14. The summed E-state index contributed by atoms with van der Waals surface area (Å²) in [4.78, 5) is 0. The van der Waals surface area contributed by atoms with E-state index in [0.29, 0.717) is 23.7 Å². The second-order valence-corrected chi connectivity index (χ2v) is 2.11. The van der Waals surface area contributed by atoms with Gasteiger partial charge in [-0.3, -0.25) is 0 Å². The first-order chi connectivity index (χ1) is 5.25. The van der Waals surface area contributed by atoms with Gasteiger partial charge in [0.15, 0.2) is 0 Å². The predicted molar refractivity (Wildman–Crippen MR) is 46.1 cm³/mol. The largest absolute Gasteiger partial charge is 0.491 e. The molecule has 1 aromatic carbocycles. The second-order valence-electron chi connectivity index (χ2n) is 2.11. The van der Waals surface area contributed by atoms with Crippen LogP contribution in [0.3, 0.4) is 0 Å². The minimum absolute atomic E-state index is 0.355. The molecule has 0 saturated carbocycles. The third-order valence-electron chi connectivity index (χ3n) is 1.36. The van der Waals surface area contributed by atoms with Crippen molar-refractivity contribution in [2.45, 2.75) is 0 Å². The minimum atomic E-state index is 0.355. The summed E-state index contributed by atoms with van der Waals surface area (Å²) >= 11 is 0. The molecule has 4 N–H and O–H groups in total. The van der Waals surface area contributed by atoms with Crippen LogP contribution in [0.2, 0.25) is 0 Å². The average Bonchev–Trinajstić information content (AvgIpc) is 1.99. The Bertz CT molecular complexity index is 248. The van der Waals surface area contributed by atoms with Gasteiger partial charge < -0.3 is 16.2 Å². The van der Waals surface area contributed by atoms with Crippen molar-refractivity contribution in [3.05, 3.63) is 25.1 Å². The van der Waals surface area contributed by atoms with E-state index in [1.807, 2.05) is 0 Å². The molecule has 11 heavy (non-hydrogen) atoms. The van der Waals surface area contributed by atoms with E-state index in [0.717, 1.165) is 0 Å². The van der Waals surface area contributed by atoms with Crippen LogP contribution < -0.4 is 16.2 Å². The molecule has 0 aliphatic heterocycles. The molecule has 0 atom stereocenters. The van der Waals surface area contributed by atoms with Gasteiger partial charge in [-0.15, -0.1) is 0 Å². The van der Waals surface area contributed by atoms with E-state index in [1.54, 1.807) is 18.2 Å². The molecule has 1 rings (SSSR count). The van der Waals surface area contributed by atoms with Crippen molar-refractivity contribution >= 4 is 11.4 Å². The first-order valence-electron chi connectivity index (χ1n) is 3.31. The molecule has 3 nitrogen and oxygen atoms in total. The Kier molecular flexibility index (Phi) is 2.21. The molecule has 0 spiro atoms. The molecule has 0 bridgehead atoms. The fourth-order valence-electron chi connectivity index (χ4n) is 0.797. The zero-order valence-electron chi connectivity index (χ0n) is 6.21. The Balaban J connectivity index is 2.96. The molecular weight excluding hydrogens is 140 g/mol. The highest BCUT2D eigenvalue weighted by molar-refractivity contribution is 5.70. The summed E-state index contributed by atoms with van der Waals surface area (Å²) in [6.45, 7) is 3.89. The van der Waals surface area contributed by atoms with Gasteiger partial charge in [-0.2, -0.15) is 0 Å². The van der Waals surface area contributed by atoms with Gasteiger partial charge >= 0.3 is 0 Å². The van der Waals surface area contributed by atoms with Crippen LogP contribution in [-0.2, 0) is 0 Å². The molecule has 0 aromatic heterocycles. The van der Waals surface area contributed by atoms with Gasteiger partial charge in [0, 0.05) is 0 Å². The highest BCUT2D eigenvalue weighted by Crippen LogP contribution is 2.26. The summed E-state index contributed by atoms with van der Waals surface area (Å²) in [5.74, 6) is 0.597. The fraction of sp³-hybridized carbons (Fsp3) is 0.125. The maximum absolute atomic E-state index is 5.59. The number of hydrogen-bond donors (Lipinski definition) is 2. The minimum Gasteiger partial charge on any atom is -0.491 e. The standard InChI is InChI=1S/C8H11N2O/c1-2-11-7-5-3-4-6(9)8(7)10/h3-5H,1-2,9-10H2. The van der Waals surface area contributed by atoms with E-state index in [1.165, 1.54) is 0 Å². The number of rotatable bonds is 2. The van der Waals surface area contributed by atoms with Gasteiger partial charge in [0.2, 0.25) is 0 Å². The summed E-state index contributed by atoms with van der Waals surface area (Å²) in [6.07, 6.45) is 0. The van der Waals surface area contributed by atoms with Gasteiger partial charge in [-0.1, -0.05) is 6.07 Å². The molecule has 0 aliphatic carbocycles. The normalized spacial score (nSPS) is 9.55. The lowest BCUT2D eigenvalue weighted by Crippen LogP contribution is -2.00. The number of nitrogen functional groups attached to an aromatic ring is 2. The maximum Gasteiger partial charge on any atom is 0.144 e. The summed E-state index contributed by atoms with van der Waals surface area (Å²) in [5.41, 5.74) is 12.1. The lowest BCUT2D eigenvalue weighted by molar-refractivity contribution is 0.363. The van der Waals surface area contributed by atoms with Crippen LogP contribution >= 0.6 is 0 Å². The van der Waals surface area contributed by atoms with Crippen LogP contribution in [0.4, 0.5) is 11.4 Å². The van der Waals surface area contributed by atoms with Gasteiger partial charge in [0.05, 0.1) is 18.0 Å². The number of ether oxygens (including phenoxy) is 1. The molecule has 0 aliphatic rings. The zero-order chi connectivity index (χ0) is 8.27. The third-order valence-corrected chi connectivity index (χ3v) is 1.36. The molecule has 0 fully saturated rings. The quantitative estimate of drug-likeness (QED) is 0.621. The Morgan fingerprint density at radius 2 is 2.09 bits per heavy atom. The molecule has 0 amide bonds. The maximum atomic E-state index is 5.59. The van der Waals surface area contributed by atoms with Crippen molar-refractivity contribution in [1.29, 1.82) is 0 Å². The van der Waals surface area contributed by atoms with E-state index >= 15 is 0 Å². The Morgan fingerprint density at radius 3 is 2.73 bits per heavy atom. The predicted octanol–water partition coefficient (Wildman–Crippen LogP) is 1.06. The lowest BCUT2D eigenvalue weighted by Gasteiger charge is -2.07. The molecule has 3 heteroatoms. The highest BCUT2D eigenvalue weighted by atomic mass is 16.5. The van der Waals surface area contributed by atoms with Crippen LogP contribution in [0.1, 0.15) is 0 Å². The SMILES string of the molecule is [CH2]COc1cccc(N)c1N. The van der Waals surface area contributed by atoms with E-state index < -0.39 is 0 Å². The van der Waals surface area contributed by atoms with Crippen LogP contribution in [0.5, 0.6) is 5.75 Å². The average molecular weight is 151 g/mol. The fourth-order valence-corrected chi connectivity index (χ4v) is 0.797. The Labute approximate surface area is 66.0 Å². The first kappa shape index (κ1) is 7.72. The molecule has 0 saturated heterocycles. The first-order valence-corrected chi connectivity index (χ1v) is 3.31. The van der Waals surface area contributed by atoms with Crippen LogP contribution in [-0.4, -0.2) is 6.61 Å². The topological polar surface area (TPSA) is 61.3 Å². The smallest absolute Gasteiger partial charge is 0.144 e. The van der Waals surface area contributed by atoms with Crippen molar-refractivity contribution in [2.24, 2.45) is 0 Å². The van der Waals surface area contributed by atoms with Crippen molar-refractivity contribution in [3.63, 3.8) is 0 Å². The van der Waals surface area contributed by atoms with E-state index in [9.17, 15) is 0 Å². The third kappa shape index (κ3) is 1.55. The number of hydrogen-bond acceptors (Lipinski definition) is 3. The zero-order valence-corrected chi connectivity index (χ0v) is 6.21. The summed E-state index contributed by atoms with van der Waals surface area (Å²) in [5, 5.41) is 0. The Hall–Kier alpha value is -1.38. The number of anilines is 2. The summed E-state index contributed by atoms with van der Waals surface area (Å²) in [6, 6.07) is 5.28. The molecule has 0 unspecified atom stereocenters. The van der Waals surface area contributed by atoms with Gasteiger partial charge in [-0.05, 0) is 19.1 Å². The molecule has 1 aromatic rings. The molecular formula is C8H11N2O. The van der Waals surface area contributed by atoms with E-state index in [2.05, 4.69) is 6.92 Å². The van der Waals surface area contributed by atoms with E-state index in [4.69, 9.17) is 16.2 Å². The molecule has 1 radical (unpaired) electrons. The van der Waals surface area contributed by atoms with Gasteiger partial charge in [0.25, 0.3) is 0 Å². The Morgan fingerprint density at radius 1 is 1.36 bits per heavy atom. The van der Waals surface area contributed by atoms with Gasteiger partial charge in [0.1, 0.15) is 5.75 Å².